The molecule has 0 aliphatic rings. The van der Waals surface area contributed by atoms with Gasteiger partial charge in [-0.15, -0.1) is 0 Å². The number of halogens is 3. The van der Waals surface area contributed by atoms with Crippen LogP contribution in [-0.4, -0.2) is 18.2 Å². The van der Waals surface area contributed by atoms with Gasteiger partial charge in [0.2, 0.25) is 0 Å². The summed E-state index contributed by atoms with van der Waals surface area (Å²) < 4.78 is 42.6. The lowest BCUT2D eigenvalue weighted by Crippen LogP contribution is -2.14. The van der Waals surface area contributed by atoms with Gasteiger partial charge in [-0.2, -0.15) is 13.2 Å². The largest absolute Gasteiger partial charge is 0.496 e. The summed E-state index contributed by atoms with van der Waals surface area (Å²) in [5.41, 5.74) is -0.571. The molecule has 1 aromatic carbocycles. The highest BCUT2D eigenvalue weighted by Crippen LogP contribution is 2.33. The summed E-state index contributed by atoms with van der Waals surface area (Å²) in [6.45, 7) is 1.43. The summed E-state index contributed by atoms with van der Waals surface area (Å²) in [7, 11) is 1.33. The maximum Gasteiger partial charge on any atom is 0.416 e. The Morgan fingerprint density at radius 3 is 2.50 bits per heavy atom. The highest BCUT2D eigenvalue weighted by molar-refractivity contribution is 5.70. The van der Waals surface area contributed by atoms with E-state index in [-0.39, 0.29) is 17.7 Å². The molecule has 0 amide bonds. The number of carboxylic acid groups (broad SMARTS) is 1. The number of hydrogen-bond acceptors (Lipinski definition) is 2. The summed E-state index contributed by atoms with van der Waals surface area (Å²) >= 11 is 0. The molecule has 1 rings (SSSR count). The molecule has 0 saturated carbocycles. The van der Waals surface area contributed by atoms with Crippen molar-refractivity contribution < 1.29 is 27.8 Å². The van der Waals surface area contributed by atoms with Crippen LogP contribution in [0.4, 0.5) is 13.2 Å². The van der Waals surface area contributed by atoms with Crippen LogP contribution < -0.4 is 4.74 Å². The normalized spacial score (nSPS) is 13.2. The molecule has 1 unspecified atom stereocenters. The molecule has 0 aliphatic carbocycles. The van der Waals surface area contributed by atoms with Crippen molar-refractivity contribution >= 4 is 5.97 Å². The molecular weight excluding hydrogens is 249 g/mol. The minimum absolute atomic E-state index is 0.0115. The van der Waals surface area contributed by atoms with Gasteiger partial charge in [0.05, 0.1) is 18.6 Å². The van der Waals surface area contributed by atoms with Crippen LogP contribution in [0.3, 0.4) is 0 Å². The molecule has 0 aromatic heterocycles. The van der Waals surface area contributed by atoms with Gasteiger partial charge in [-0.05, 0) is 30.2 Å². The van der Waals surface area contributed by atoms with E-state index in [0.717, 1.165) is 12.1 Å². The van der Waals surface area contributed by atoms with Gasteiger partial charge < -0.3 is 9.84 Å². The second-order valence-corrected chi connectivity index (χ2v) is 3.97. The molecule has 0 spiro atoms. The average Bonchev–Trinajstić information content (AvgIpc) is 2.27. The van der Waals surface area contributed by atoms with E-state index in [0.29, 0.717) is 0 Å². The summed E-state index contributed by atoms with van der Waals surface area (Å²) in [6.07, 6.45) is -4.46. The number of methoxy groups -OCH3 is 1. The van der Waals surface area contributed by atoms with Crippen molar-refractivity contribution in [3.8, 4) is 5.75 Å². The van der Waals surface area contributed by atoms with Crippen LogP contribution in [0.25, 0.3) is 0 Å². The summed E-state index contributed by atoms with van der Waals surface area (Å²) in [4.78, 5) is 10.7. The third kappa shape index (κ3) is 3.38. The number of carbonyl (C=O) groups is 1. The van der Waals surface area contributed by atoms with Crippen molar-refractivity contribution in [2.24, 2.45) is 5.92 Å². The average molecular weight is 262 g/mol. The molecule has 18 heavy (non-hydrogen) atoms. The number of ether oxygens (including phenoxy) is 1. The second kappa shape index (κ2) is 5.29. The lowest BCUT2D eigenvalue weighted by Gasteiger charge is -2.14. The van der Waals surface area contributed by atoms with E-state index < -0.39 is 23.6 Å². The standard InChI is InChI=1S/C12H13F3O3/c1-7(11(16)17)5-8-6-9(12(13,14)15)3-4-10(8)18-2/h3-4,6-7H,5H2,1-2H3,(H,16,17). The van der Waals surface area contributed by atoms with Crippen molar-refractivity contribution in [1.29, 1.82) is 0 Å². The van der Waals surface area contributed by atoms with E-state index in [1.54, 1.807) is 0 Å². The van der Waals surface area contributed by atoms with Gasteiger partial charge in [0, 0.05) is 0 Å². The number of benzene rings is 1. The molecule has 3 nitrogen and oxygen atoms in total. The van der Waals surface area contributed by atoms with E-state index in [2.05, 4.69) is 0 Å². The topological polar surface area (TPSA) is 46.5 Å². The molecule has 1 aromatic rings. The molecule has 100 valence electrons. The molecular formula is C12H13F3O3. The Morgan fingerprint density at radius 1 is 1.44 bits per heavy atom. The van der Waals surface area contributed by atoms with Crippen molar-refractivity contribution in [1.82, 2.24) is 0 Å². The van der Waals surface area contributed by atoms with Crippen molar-refractivity contribution in [2.45, 2.75) is 19.5 Å². The maximum absolute atomic E-state index is 12.5. The quantitative estimate of drug-likeness (QED) is 0.907. The molecule has 0 fully saturated rings. The van der Waals surface area contributed by atoms with E-state index in [9.17, 15) is 18.0 Å². The lowest BCUT2D eigenvalue weighted by molar-refractivity contribution is -0.141. The first-order valence-corrected chi connectivity index (χ1v) is 5.22. The Morgan fingerprint density at radius 2 is 2.06 bits per heavy atom. The van der Waals surface area contributed by atoms with E-state index in [1.165, 1.54) is 20.1 Å². The second-order valence-electron chi connectivity index (χ2n) is 3.97. The van der Waals surface area contributed by atoms with E-state index in [1.807, 2.05) is 0 Å². The number of hydrogen-bond donors (Lipinski definition) is 1. The predicted molar refractivity (Wildman–Crippen MR) is 58.5 cm³/mol. The number of aliphatic carboxylic acids is 1. The Hall–Kier alpha value is -1.72. The monoisotopic (exact) mass is 262 g/mol. The summed E-state index contributed by atoms with van der Waals surface area (Å²) in [6, 6.07) is 3.04. The summed E-state index contributed by atoms with van der Waals surface area (Å²) in [5.74, 6) is -1.58. The van der Waals surface area contributed by atoms with Gasteiger partial charge in [0.1, 0.15) is 5.75 Å². The first-order chi connectivity index (χ1) is 8.25. The van der Waals surface area contributed by atoms with Crippen LogP contribution in [0.15, 0.2) is 18.2 Å². The van der Waals surface area contributed by atoms with Gasteiger partial charge in [0.25, 0.3) is 0 Å². The number of carboxylic acids is 1. The third-order valence-corrected chi connectivity index (χ3v) is 2.56. The number of rotatable bonds is 4. The maximum atomic E-state index is 12.5. The zero-order chi connectivity index (χ0) is 13.9. The summed E-state index contributed by atoms with van der Waals surface area (Å²) in [5, 5.41) is 8.77. The van der Waals surface area contributed by atoms with Crippen LogP contribution in [0, 0.1) is 5.92 Å². The van der Waals surface area contributed by atoms with Crippen LogP contribution in [0.1, 0.15) is 18.1 Å². The zero-order valence-electron chi connectivity index (χ0n) is 9.91. The molecule has 1 N–H and O–H groups in total. The molecule has 0 bridgehead atoms. The van der Waals surface area contributed by atoms with Crippen molar-refractivity contribution in [3.63, 3.8) is 0 Å². The SMILES string of the molecule is COc1ccc(C(F)(F)F)cc1CC(C)C(=O)O. The van der Waals surface area contributed by atoms with Crippen LogP contribution in [0.5, 0.6) is 5.75 Å². The fraction of sp³-hybridized carbons (Fsp3) is 0.417. The Bertz CT molecular complexity index is 441. The molecule has 1 atom stereocenters. The molecule has 0 aliphatic heterocycles. The molecule has 6 heteroatoms. The highest BCUT2D eigenvalue weighted by atomic mass is 19.4. The minimum atomic E-state index is -4.45. The van der Waals surface area contributed by atoms with Crippen LogP contribution >= 0.6 is 0 Å². The first-order valence-electron chi connectivity index (χ1n) is 5.22. The minimum Gasteiger partial charge on any atom is -0.496 e. The Labute approximate surface area is 102 Å². The fourth-order valence-corrected chi connectivity index (χ4v) is 1.53. The van der Waals surface area contributed by atoms with Crippen molar-refractivity contribution in [2.75, 3.05) is 7.11 Å². The van der Waals surface area contributed by atoms with Gasteiger partial charge in [-0.3, -0.25) is 4.79 Å². The van der Waals surface area contributed by atoms with Crippen molar-refractivity contribution in [3.05, 3.63) is 29.3 Å². The number of alkyl halides is 3. The Balaban J connectivity index is 3.10. The smallest absolute Gasteiger partial charge is 0.416 e. The Kier molecular flexibility index (Phi) is 4.21. The molecule has 0 radical (unpaired) electrons. The lowest BCUT2D eigenvalue weighted by atomic mass is 9.98. The van der Waals surface area contributed by atoms with Gasteiger partial charge in [-0.25, -0.2) is 0 Å². The van der Waals surface area contributed by atoms with Crippen LogP contribution in [-0.2, 0) is 17.4 Å². The van der Waals surface area contributed by atoms with E-state index >= 15 is 0 Å². The predicted octanol–water partition coefficient (Wildman–Crippen LogP) is 2.98. The zero-order valence-corrected chi connectivity index (χ0v) is 9.91. The van der Waals surface area contributed by atoms with Gasteiger partial charge in [-0.1, -0.05) is 6.92 Å². The van der Waals surface area contributed by atoms with Gasteiger partial charge >= 0.3 is 12.1 Å². The highest BCUT2D eigenvalue weighted by Gasteiger charge is 2.31. The molecule has 0 saturated heterocycles. The third-order valence-electron chi connectivity index (χ3n) is 2.56. The van der Waals surface area contributed by atoms with Gasteiger partial charge in [0.15, 0.2) is 0 Å². The molecule has 0 heterocycles. The fourth-order valence-electron chi connectivity index (χ4n) is 1.53. The first kappa shape index (κ1) is 14.3. The van der Waals surface area contributed by atoms with E-state index in [4.69, 9.17) is 9.84 Å². The van der Waals surface area contributed by atoms with Crippen LogP contribution in [0.2, 0.25) is 0 Å².